The number of nitrogens with one attached hydrogen (secondary N) is 3. The highest BCUT2D eigenvalue weighted by molar-refractivity contribution is 7.92. The van der Waals surface area contributed by atoms with E-state index in [1.165, 1.54) is 26.2 Å². The lowest BCUT2D eigenvalue weighted by atomic mass is 10.2. The van der Waals surface area contributed by atoms with Gasteiger partial charge in [0, 0.05) is 11.8 Å². The number of H-pyrrole nitrogens is 1. The lowest BCUT2D eigenvalue weighted by Crippen LogP contribution is -2.16. The summed E-state index contributed by atoms with van der Waals surface area (Å²) in [4.78, 5) is 13.4. The molecule has 1 aromatic carbocycles. The zero-order valence-corrected chi connectivity index (χ0v) is 16.3. The molecule has 3 aromatic rings. The van der Waals surface area contributed by atoms with E-state index in [1.807, 2.05) is 17.5 Å². The first-order valence-corrected chi connectivity index (χ1v) is 10.5. The fourth-order valence-corrected chi connectivity index (χ4v) is 3.62. The Hall–Kier alpha value is -2.85. The van der Waals surface area contributed by atoms with Gasteiger partial charge in [-0.05, 0) is 36.6 Å². The van der Waals surface area contributed by atoms with Crippen molar-refractivity contribution in [1.29, 1.82) is 0 Å². The topological polar surface area (TPSA) is 113 Å². The van der Waals surface area contributed by atoms with E-state index in [1.54, 1.807) is 23.5 Å². The Labute approximate surface area is 160 Å². The Bertz CT molecular complexity index is 1040. The van der Waals surface area contributed by atoms with Crippen molar-refractivity contribution < 1.29 is 17.9 Å². The minimum absolute atomic E-state index is 0.0552. The molecule has 0 atom stereocenters. The summed E-state index contributed by atoms with van der Waals surface area (Å²) in [5.74, 6) is -0.149. The third-order valence-electron chi connectivity index (χ3n) is 3.70. The first kappa shape index (κ1) is 18.9. The summed E-state index contributed by atoms with van der Waals surface area (Å²) in [5, 5.41) is 11.5. The van der Waals surface area contributed by atoms with Crippen LogP contribution in [0.3, 0.4) is 0 Å². The number of methoxy groups -OCH3 is 1. The normalized spacial score (nSPS) is 11.2. The van der Waals surface area contributed by atoms with Gasteiger partial charge in [-0.25, -0.2) is 8.42 Å². The van der Waals surface area contributed by atoms with Crippen molar-refractivity contribution in [3.8, 4) is 16.3 Å². The Morgan fingerprint density at radius 2 is 2.11 bits per heavy atom. The standard InChI is InChI=1S/C17H18N4O4S2/c1-3-27(23,24)21-12-7-6-11(9-15(12)25-2)18-17(22)14-10-13(19-20-14)16-5-4-8-26-16/h4-10,21H,3H2,1-2H3,(H,18,22)(H,19,20). The van der Waals surface area contributed by atoms with E-state index < -0.39 is 15.9 Å². The van der Waals surface area contributed by atoms with E-state index >= 15 is 0 Å². The van der Waals surface area contributed by atoms with Crippen LogP contribution < -0.4 is 14.8 Å². The number of hydrogen-bond donors (Lipinski definition) is 3. The molecule has 1 amide bonds. The van der Waals surface area contributed by atoms with Crippen molar-refractivity contribution in [2.75, 3.05) is 22.9 Å². The molecule has 8 nitrogen and oxygen atoms in total. The van der Waals surface area contributed by atoms with Crippen molar-refractivity contribution in [2.45, 2.75) is 6.92 Å². The number of carbonyl (C=O) groups excluding carboxylic acids is 1. The van der Waals surface area contributed by atoms with Crippen molar-refractivity contribution in [3.63, 3.8) is 0 Å². The average Bonchev–Trinajstić information content (AvgIpc) is 3.34. The molecular weight excluding hydrogens is 388 g/mol. The predicted molar refractivity (Wildman–Crippen MR) is 106 cm³/mol. The van der Waals surface area contributed by atoms with Crippen LogP contribution in [-0.2, 0) is 10.0 Å². The maximum absolute atomic E-state index is 12.4. The number of rotatable bonds is 7. The molecule has 2 heterocycles. The smallest absolute Gasteiger partial charge is 0.276 e. The lowest BCUT2D eigenvalue weighted by molar-refractivity contribution is 0.102. The highest BCUT2D eigenvalue weighted by Gasteiger charge is 2.15. The molecule has 0 saturated carbocycles. The minimum Gasteiger partial charge on any atom is -0.494 e. The molecule has 2 aromatic heterocycles. The number of amides is 1. The monoisotopic (exact) mass is 406 g/mol. The van der Waals surface area contributed by atoms with Crippen molar-refractivity contribution in [1.82, 2.24) is 10.2 Å². The highest BCUT2D eigenvalue weighted by atomic mass is 32.2. The maximum atomic E-state index is 12.4. The minimum atomic E-state index is -3.43. The second-order valence-electron chi connectivity index (χ2n) is 5.52. The highest BCUT2D eigenvalue weighted by Crippen LogP contribution is 2.29. The van der Waals surface area contributed by atoms with Gasteiger partial charge in [0.05, 0.1) is 29.1 Å². The van der Waals surface area contributed by atoms with Gasteiger partial charge < -0.3 is 10.1 Å². The van der Waals surface area contributed by atoms with Crippen LogP contribution in [0.2, 0.25) is 0 Å². The molecule has 0 aliphatic carbocycles. The fourth-order valence-electron chi connectivity index (χ4n) is 2.28. The zero-order valence-electron chi connectivity index (χ0n) is 14.6. The maximum Gasteiger partial charge on any atom is 0.276 e. The van der Waals surface area contributed by atoms with E-state index in [2.05, 4.69) is 20.2 Å². The molecule has 0 aliphatic heterocycles. The SMILES string of the molecule is CCS(=O)(=O)Nc1ccc(NC(=O)c2cc(-c3cccs3)[nH]n2)cc1OC. The van der Waals surface area contributed by atoms with Crippen molar-refractivity contribution in [2.24, 2.45) is 0 Å². The molecule has 0 unspecified atom stereocenters. The molecule has 0 spiro atoms. The molecular formula is C17H18N4O4S2. The van der Waals surface area contributed by atoms with Crippen LogP contribution in [-0.4, -0.2) is 37.4 Å². The summed E-state index contributed by atoms with van der Waals surface area (Å²) in [5.41, 5.74) is 1.76. The number of carbonyl (C=O) groups is 1. The van der Waals surface area contributed by atoms with Gasteiger partial charge in [-0.2, -0.15) is 5.10 Å². The van der Waals surface area contributed by atoms with Crippen LogP contribution in [0.4, 0.5) is 11.4 Å². The number of benzene rings is 1. The third kappa shape index (κ3) is 4.47. The molecule has 0 saturated heterocycles. The number of ether oxygens (including phenoxy) is 1. The molecule has 27 heavy (non-hydrogen) atoms. The van der Waals surface area contributed by atoms with Gasteiger partial charge >= 0.3 is 0 Å². The third-order valence-corrected chi connectivity index (χ3v) is 5.90. The second-order valence-corrected chi connectivity index (χ2v) is 8.48. The number of aromatic nitrogens is 2. The van der Waals surface area contributed by atoms with Gasteiger partial charge in [0.15, 0.2) is 5.69 Å². The first-order valence-electron chi connectivity index (χ1n) is 8.01. The summed E-state index contributed by atoms with van der Waals surface area (Å²) in [6, 6.07) is 10.2. The molecule has 0 aliphatic rings. The zero-order chi connectivity index (χ0) is 19.4. The van der Waals surface area contributed by atoms with Crippen LogP contribution in [0, 0.1) is 0 Å². The van der Waals surface area contributed by atoms with Crippen LogP contribution in [0.25, 0.3) is 10.6 Å². The summed E-state index contributed by atoms with van der Waals surface area (Å²) >= 11 is 1.54. The van der Waals surface area contributed by atoms with Gasteiger partial charge in [-0.3, -0.25) is 14.6 Å². The first-order chi connectivity index (χ1) is 12.9. The van der Waals surface area contributed by atoms with Gasteiger partial charge in [-0.1, -0.05) is 6.07 Å². The Morgan fingerprint density at radius 3 is 2.78 bits per heavy atom. The van der Waals surface area contributed by atoms with Crippen LogP contribution in [0.15, 0.2) is 41.8 Å². The largest absolute Gasteiger partial charge is 0.494 e. The molecule has 0 radical (unpaired) electrons. The van der Waals surface area contributed by atoms with E-state index in [0.717, 1.165) is 10.6 Å². The fraction of sp³-hybridized carbons (Fsp3) is 0.176. The van der Waals surface area contributed by atoms with Crippen LogP contribution in [0.5, 0.6) is 5.75 Å². The van der Waals surface area contributed by atoms with Gasteiger partial charge in [-0.15, -0.1) is 11.3 Å². The molecule has 0 fully saturated rings. The second kappa shape index (κ2) is 7.80. The van der Waals surface area contributed by atoms with Gasteiger partial charge in [0.25, 0.3) is 5.91 Å². The summed E-state index contributed by atoms with van der Waals surface area (Å²) < 4.78 is 31.1. The molecule has 142 valence electrons. The Kier molecular flexibility index (Phi) is 5.47. The molecule has 3 rings (SSSR count). The quantitative estimate of drug-likeness (QED) is 0.558. The Morgan fingerprint density at radius 1 is 1.30 bits per heavy atom. The van der Waals surface area contributed by atoms with Crippen LogP contribution in [0.1, 0.15) is 17.4 Å². The van der Waals surface area contributed by atoms with Gasteiger partial charge in [0.1, 0.15) is 5.75 Å². The van der Waals surface area contributed by atoms with E-state index in [9.17, 15) is 13.2 Å². The number of anilines is 2. The number of aromatic amines is 1. The Balaban J connectivity index is 1.76. The summed E-state index contributed by atoms with van der Waals surface area (Å²) in [6.45, 7) is 1.54. The van der Waals surface area contributed by atoms with E-state index in [0.29, 0.717) is 17.1 Å². The van der Waals surface area contributed by atoms with E-state index in [4.69, 9.17) is 4.74 Å². The number of nitrogens with zero attached hydrogens (tertiary/aromatic N) is 1. The lowest BCUT2D eigenvalue weighted by Gasteiger charge is -2.12. The number of sulfonamides is 1. The molecule has 10 heteroatoms. The van der Waals surface area contributed by atoms with Crippen LogP contribution >= 0.6 is 11.3 Å². The van der Waals surface area contributed by atoms with Crippen molar-refractivity contribution >= 4 is 38.6 Å². The molecule has 3 N–H and O–H groups in total. The van der Waals surface area contributed by atoms with E-state index in [-0.39, 0.29) is 11.4 Å². The molecule has 0 bridgehead atoms. The number of thiophene rings is 1. The predicted octanol–water partition coefficient (Wildman–Crippen LogP) is 3.16. The summed E-state index contributed by atoms with van der Waals surface area (Å²) in [6.07, 6.45) is 0. The summed E-state index contributed by atoms with van der Waals surface area (Å²) in [7, 11) is -2.01. The number of hydrogen-bond acceptors (Lipinski definition) is 6. The van der Waals surface area contributed by atoms with Gasteiger partial charge in [0.2, 0.25) is 10.0 Å². The average molecular weight is 406 g/mol. The van der Waals surface area contributed by atoms with Crippen molar-refractivity contribution in [3.05, 3.63) is 47.5 Å².